The van der Waals surface area contributed by atoms with Crippen molar-refractivity contribution in [3.63, 3.8) is 0 Å². The average Bonchev–Trinajstić information content (AvgIpc) is 3.03. The summed E-state index contributed by atoms with van der Waals surface area (Å²) in [4.78, 5) is 12.6. The summed E-state index contributed by atoms with van der Waals surface area (Å²) in [6.45, 7) is 6.14. The summed E-state index contributed by atoms with van der Waals surface area (Å²) in [5.41, 5.74) is 2.84. The molecule has 1 atom stereocenters. The summed E-state index contributed by atoms with van der Waals surface area (Å²) in [5, 5.41) is 12.4. The van der Waals surface area contributed by atoms with E-state index in [1.165, 1.54) is 17.3 Å². The van der Waals surface area contributed by atoms with Crippen molar-refractivity contribution in [1.29, 1.82) is 0 Å². The first-order chi connectivity index (χ1) is 13.4. The molecule has 1 heterocycles. The van der Waals surface area contributed by atoms with Gasteiger partial charge in [0.1, 0.15) is 0 Å². The summed E-state index contributed by atoms with van der Waals surface area (Å²) in [6.07, 6.45) is 0. The lowest BCUT2D eigenvalue weighted by Crippen LogP contribution is -2.22. The normalized spacial score (nSPS) is 12.2. The lowest BCUT2D eigenvalue weighted by Gasteiger charge is -2.13. The number of halogens is 1. The zero-order valence-electron chi connectivity index (χ0n) is 16.3. The van der Waals surface area contributed by atoms with Crippen molar-refractivity contribution in [3.8, 4) is 11.4 Å². The number of aromatic nitrogens is 3. The van der Waals surface area contributed by atoms with E-state index in [9.17, 15) is 4.79 Å². The highest BCUT2D eigenvalue weighted by molar-refractivity contribution is 8.00. The van der Waals surface area contributed by atoms with Gasteiger partial charge in [-0.05, 0) is 42.7 Å². The predicted molar refractivity (Wildman–Crippen MR) is 116 cm³/mol. The van der Waals surface area contributed by atoms with E-state index in [1.807, 2.05) is 67.1 Å². The predicted octanol–water partition coefficient (Wildman–Crippen LogP) is 5.38. The summed E-state index contributed by atoms with van der Waals surface area (Å²) in [7, 11) is 1.87. The van der Waals surface area contributed by atoms with Crippen molar-refractivity contribution in [2.24, 2.45) is 7.05 Å². The smallest absolute Gasteiger partial charge is 0.237 e. The fourth-order valence-corrected chi connectivity index (χ4v) is 3.74. The van der Waals surface area contributed by atoms with Gasteiger partial charge in [0, 0.05) is 18.3 Å². The second-order valence-electron chi connectivity index (χ2n) is 6.87. The van der Waals surface area contributed by atoms with Crippen LogP contribution in [-0.2, 0) is 11.8 Å². The first kappa shape index (κ1) is 20.4. The van der Waals surface area contributed by atoms with Gasteiger partial charge in [0.2, 0.25) is 5.91 Å². The Morgan fingerprint density at radius 3 is 2.39 bits per heavy atom. The third-order valence-corrected chi connectivity index (χ3v) is 5.91. The molecule has 0 spiro atoms. The molecule has 1 aromatic heterocycles. The van der Waals surface area contributed by atoms with Gasteiger partial charge in [-0.2, -0.15) is 0 Å². The van der Waals surface area contributed by atoms with Crippen LogP contribution in [0.4, 0.5) is 5.69 Å². The Labute approximate surface area is 174 Å². The summed E-state index contributed by atoms with van der Waals surface area (Å²) in [6, 6.07) is 15.4. The summed E-state index contributed by atoms with van der Waals surface area (Å²) >= 11 is 7.63. The SMILES string of the molecule is CC(C)c1ccc(NC(=O)[C@@H](C)Sc2nnc(-c3ccccc3Cl)n2C)cc1. The van der Waals surface area contributed by atoms with E-state index in [0.717, 1.165) is 11.3 Å². The Kier molecular flexibility index (Phi) is 6.42. The number of amides is 1. The highest BCUT2D eigenvalue weighted by atomic mass is 35.5. The maximum atomic E-state index is 12.6. The Hall–Kier alpha value is -2.31. The average molecular weight is 415 g/mol. The summed E-state index contributed by atoms with van der Waals surface area (Å²) in [5.74, 6) is 1.05. The molecule has 0 aliphatic carbocycles. The molecular weight excluding hydrogens is 392 g/mol. The first-order valence-corrected chi connectivity index (χ1v) is 10.3. The Balaban J connectivity index is 1.68. The number of thioether (sulfide) groups is 1. The third-order valence-electron chi connectivity index (χ3n) is 4.45. The molecule has 28 heavy (non-hydrogen) atoms. The van der Waals surface area contributed by atoms with Crippen molar-refractivity contribution in [3.05, 3.63) is 59.1 Å². The largest absolute Gasteiger partial charge is 0.325 e. The minimum atomic E-state index is -0.327. The van der Waals surface area contributed by atoms with Gasteiger partial charge in [0.15, 0.2) is 11.0 Å². The molecule has 146 valence electrons. The van der Waals surface area contributed by atoms with E-state index < -0.39 is 0 Å². The Bertz CT molecular complexity index is 969. The number of rotatable bonds is 6. The minimum Gasteiger partial charge on any atom is -0.325 e. The number of anilines is 1. The van der Waals surface area contributed by atoms with Crippen LogP contribution >= 0.6 is 23.4 Å². The van der Waals surface area contributed by atoms with Crippen LogP contribution in [0.3, 0.4) is 0 Å². The van der Waals surface area contributed by atoms with Crippen molar-refractivity contribution in [2.45, 2.75) is 37.1 Å². The molecule has 3 aromatic rings. The number of hydrogen-bond donors (Lipinski definition) is 1. The zero-order chi connectivity index (χ0) is 20.3. The van der Waals surface area contributed by atoms with Gasteiger partial charge >= 0.3 is 0 Å². The maximum absolute atomic E-state index is 12.6. The van der Waals surface area contributed by atoms with Gasteiger partial charge in [0.25, 0.3) is 0 Å². The van der Waals surface area contributed by atoms with Gasteiger partial charge in [-0.1, -0.05) is 61.5 Å². The molecule has 0 unspecified atom stereocenters. The first-order valence-electron chi connectivity index (χ1n) is 9.08. The summed E-state index contributed by atoms with van der Waals surface area (Å²) < 4.78 is 1.85. The van der Waals surface area contributed by atoms with Gasteiger partial charge in [0.05, 0.1) is 10.3 Å². The fourth-order valence-electron chi connectivity index (χ4n) is 2.70. The quantitative estimate of drug-likeness (QED) is 0.550. The van der Waals surface area contributed by atoms with Gasteiger partial charge in [-0.15, -0.1) is 10.2 Å². The molecule has 7 heteroatoms. The molecule has 0 radical (unpaired) electrons. The van der Waals surface area contributed by atoms with Crippen LogP contribution in [0.5, 0.6) is 0 Å². The number of nitrogens with zero attached hydrogens (tertiary/aromatic N) is 3. The van der Waals surface area contributed by atoms with E-state index in [2.05, 4.69) is 29.4 Å². The molecule has 2 aromatic carbocycles. The minimum absolute atomic E-state index is 0.0791. The lowest BCUT2D eigenvalue weighted by molar-refractivity contribution is -0.115. The molecule has 1 amide bonds. The van der Waals surface area contributed by atoms with E-state index in [0.29, 0.717) is 21.9 Å². The Morgan fingerprint density at radius 1 is 1.07 bits per heavy atom. The van der Waals surface area contributed by atoms with E-state index in [-0.39, 0.29) is 11.2 Å². The van der Waals surface area contributed by atoms with Crippen LogP contribution in [0.15, 0.2) is 53.7 Å². The van der Waals surface area contributed by atoms with E-state index in [1.54, 1.807) is 0 Å². The molecule has 0 bridgehead atoms. The van der Waals surface area contributed by atoms with Gasteiger partial charge in [-0.25, -0.2) is 0 Å². The number of nitrogens with one attached hydrogen (secondary N) is 1. The fraction of sp³-hybridized carbons (Fsp3) is 0.286. The van der Waals surface area contributed by atoms with Crippen molar-refractivity contribution >= 4 is 35.0 Å². The second-order valence-corrected chi connectivity index (χ2v) is 8.59. The second kappa shape index (κ2) is 8.80. The number of carbonyl (C=O) groups excluding carboxylic acids is 1. The molecule has 0 fully saturated rings. The zero-order valence-corrected chi connectivity index (χ0v) is 17.9. The van der Waals surface area contributed by atoms with Crippen LogP contribution in [0, 0.1) is 0 Å². The molecule has 3 rings (SSSR count). The van der Waals surface area contributed by atoms with Gasteiger partial charge < -0.3 is 9.88 Å². The van der Waals surface area contributed by atoms with Crippen LogP contribution in [0.25, 0.3) is 11.4 Å². The van der Waals surface area contributed by atoms with Crippen molar-refractivity contribution < 1.29 is 4.79 Å². The molecule has 0 saturated carbocycles. The van der Waals surface area contributed by atoms with Crippen LogP contribution in [-0.4, -0.2) is 25.9 Å². The van der Waals surface area contributed by atoms with Gasteiger partial charge in [-0.3, -0.25) is 4.79 Å². The lowest BCUT2D eigenvalue weighted by atomic mass is 10.0. The molecule has 5 nitrogen and oxygen atoms in total. The van der Waals surface area contributed by atoms with Crippen LogP contribution in [0.2, 0.25) is 5.02 Å². The monoisotopic (exact) mass is 414 g/mol. The van der Waals surface area contributed by atoms with Crippen LogP contribution < -0.4 is 5.32 Å². The topological polar surface area (TPSA) is 59.8 Å². The molecule has 0 aliphatic heterocycles. The van der Waals surface area contributed by atoms with E-state index in [4.69, 9.17) is 11.6 Å². The highest BCUT2D eigenvalue weighted by Gasteiger charge is 2.20. The molecule has 0 saturated heterocycles. The molecule has 0 aliphatic rings. The number of benzene rings is 2. The third kappa shape index (κ3) is 4.56. The number of carbonyl (C=O) groups is 1. The molecular formula is C21H23ClN4OS. The number of hydrogen-bond acceptors (Lipinski definition) is 4. The molecule has 1 N–H and O–H groups in total. The van der Waals surface area contributed by atoms with E-state index >= 15 is 0 Å². The van der Waals surface area contributed by atoms with Crippen molar-refractivity contribution in [2.75, 3.05) is 5.32 Å². The van der Waals surface area contributed by atoms with Crippen molar-refractivity contribution in [1.82, 2.24) is 14.8 Å². The standard InChI is InChI=1S/C21H23ClN4OS/c1-13(2)15-9-11-16(12-10-15)23-20(27)14(3)28-21-25-24-19(26(21)4)17-7-5-6-8-18(17)22/h5-14H,1-4H3,(H,23,27)/t14-/m1/s1. The maximum Gasteiger partial charge on any atom is 0.237 e. The van der Waals surface area contributed by atoms with Crippen LogP contribution in [0.1, 0.15) is 32.3 Å². The highest BCUT2D eigenvalue weighted by Crippen LogP contribution is 2.30. The Morgan fingerprint density at radius 2 is 1.75 bits per heavy atom.